The fraction of sp³-hybridized carbons (Fsp3) is 0.500. The molecule has 1 heterocycles. The Morgan fingerprint density at radius 2 is 2.08 bits per heavy atom. The number of likely N-dealkylation sites (tertiary alicyclic amines) is 1. The van der Waals surface area contributed by atoms with E-state index in [1.807, 2.05) is 4.72 Å². The number of halogens is 3. The summed E-state index contributed by atoms with van der Waals surface area (Å²) in [5.74, 6) is -0.458. The molecule has 0 bridgehead atoms. The van der Waals surface area contributed by atoms with E-state index in [9.17, 15) is 26.4 Å². The van der Waals surface area contributed by atoms with E-state index in [1.54, 1.807) is 0 Å². The number of nitrogens with two attached hydrogens (primary N) is 1. The summed E-state index contributed by atoms with van der Waals surface area (Å²) in [6, 6.07) is 3.20. The van der Waals surface area contributed by atoms with Crippen molar-refractivity contribution in [2.45, 2.75) is 30.0 Å². The van der Waals surface area contributed by atoms with Crippen molar-refractivity contribution >= 4 is 15.9 Å². The lowest BCUT2D eigenvalue weighted by atomic mass is 10.1. The molecule has 24 heavy (non-hydrogen) atoms. The minimum atomic E-state index is -4.65. The van der Waals surface area contributed by atoms with Crippen LogP contribution in [0.15, 0.2) is 29.2 Å². The highest BCUT2D eigenvalue weighted by molar-refractivity contribution is 7.89. The molecular weight excluding hydrogens is 347 g/mol. The van der Waals surface area contributed by atoms with Gasteiger partial charge in [-0.15, -0.1) is 0 Å². The summed E-state index contributed by atoms with van der Waals surface area (Å²) < 4.78 is 64.2. The third-order valence-electron chi connectivity index (χ3n) is 3.70. The number of carbonyl (C=O) groups excluding carboxylic acids is 1. The maximum atomic E-state index is 12.7. The first-order valence-corrected chi connectivity index (χ1v) is 8.78. The number of nitrogens with one attached hydrogen (secondary N) is 1. The van der Waals surface area contributed by atoms with Gasteiger partial charge in [0.05, 0.1) is 17.0 Å². The van der Waals surface area contributed by atoms with Crippen LogP contribution in [0.5, 0.6) is 0 Å². The second-order valence-electron chi connectivity index (χ2n) is 5.59. The van der Waals surface area contributed by atoms with E-state index in [4.69, 9.17) is 5.73 Å². The lowest BCUT2D eigenvalue weighted by molar-refractivity contribution is -0.137. The number of rotatable bonds is 4. The van der Waals surface area contributed by atoms with Gasteiger partial charge in [-0.3, -0.25) is 4.79 Å². The minimum absolute atomic E-state index is 0.150. The van der Waals surface area contributed by atoms with E-state index in [0.29, 0.717) is 19.2 Å². The lowest BCUT2D eigenvalue weighted by Gasteiger charge is -2.30. The molecule has 1 unspecified atom stereocenters. The highest BCUT2D eigenvalue weighted by atomic mass is 32.2. The average molecular weight is 365 g/mol. The maximum Gasteiger partial charge on any atom is 0.416 e. The predicted molar refractivity (Wildman–Crippen MR) is 80.4 cm³/mol. The van der Waals surface area contributed by atoms with Crippen molar-refractivity contribution in [1.82, 2.24) is 9.62 Å². The number of sulfonamides is 1. The molecule has 0 saturated carbocycles. The van der Waals surface area contributed by atoms with E-state index in [1.165, 1.54) is 4.90 Å². The molecule has 1 atom stereocenters. The van der Waals surface area contributed by atoms with E-state index in [0.717, 1.165) is 31.0 Å². The van der Waals surface area contributed by atoms with Gasteiger partial charge in [0.25, 0.3) is 0 Å². The third kappa shape index (κ3) is 4.68. The molecule has 0 spiro atoms. The zero-order valence-electron chi connectivity index (χ0n) is 12.7. The van der Waals surface area contributed by atoms with Crippen molar-refractivity contribution in [2.75, 3.05) is 19.6 Å². The van der Waals surface area contributed by atoms with Crippen LogP contribution in [0.4, 0.5) is 13.2 Å². The summed E-state index contributed by atoms with van der Waals surface area (Å²) >= 11 is 0. The van der Waals surface area contributed by atoms with Gasteiger partial charge in [-0.25, -0.2) is 13.1 Å². The second kappa shape index (κ2) is 7.08. The molecule has 1 amide bonds. The molecule has 0 aromatic heterocycles. The van der Waals surface area contributed by atoms with Crippen molar-refractivity contribution in [1.29, 1.82) is 0 Å². The van der Waals surface area contributed by atoms with Crippen LogP contribution in [0, 0.1) is 0 Å². The first-order valence-electron chi connectivity index (χ1n) is 7.30. The van der Waals surface area contributed by atoms with E-state index < -0.39 is 39.1 Å². The number of hydrogen-bond acceptors (Lipinski definition) is 4. The van der Waals surface area contributed by atoms with Gasteiger partial charge >= 0.3 is 6.18 Å². The summed E-state index contributed by atoms with van der Waals surface area (Å²) in [4.78, 5) is 12.9. The van der Waals surface area contributed by atoms with Gasteiger partial charge in [0.15, 0.2) is 0 Å². The molecule has 0 radical (unpaired) electrons. The number of alkyl halides is 3. The van der Waals surface area contributed by atoms with Crippen LogP contribution in [0.25, 0.3) is 0 Å². The van der Waals surface area contributed by atoms with Crippen LogP contribution >= 0.6 is 0 Å². The Bertz CT molecular complexity index is 707. The summed E-state index contributed by atoms with van der Waals surface area (Å²) in [6.07, 6.45) is -3.13. The Morgan fingerprint density at radius 3 is 2.71 bits per heavy atom. The van der Waals surface area contributed by atoms with E-state index in [-0.39, 0.29) is 6.04 Å². The molecular formula is C14H18F3N3O3S. The van der Waals surface area contributed by atoms with Gasteiger partial charge in [0.1, 0.15) is 0 Å². The summed E-state index contributed by atoms with van der Waals surface area (Å²) in [5, 5.41) is 0. The SMILES string of the molecule is NC1CCCN(C(=O)CNS(=O)(=O)c2cccc(C(F)(F)F)c2)C1. The highest BCUT2D eigenvalue weighted by Gasteiger charge is 2.32. The Kier molecular flexibility index (Phi) is 5.51. The van der Waals surface area contributed by atoms with Crippen LogP contribution in [0.3, 0.4) is 0 Å². The molecule has 1 fully saturated rings. The van der Waals surface area contributed by atoms with Gasteiger partial charge in [-0.1, -0.05) is 6.07 Å². The Hall–Kier alpha value is -1.65. The summed E-state index contributed by atoms with van der Waals surface area (Å²) in [7, 11) is -4.22. The summed E-state index contributed by atoms with van der Waals surface area (Å²) in [6.45, 7) is 0.299. The smallest absolute Gasteiger partial charge is 0.340 e. The van der Waals surface area contributed by atoms with Gasteiger partial charge in [-0.05, 0) is 31.0 Å². The summed E-state index contributed by atoms with van der Waals surface area (Å²) in [5.41, 5.74) is 4.68. The van der Waals surface area contributed by atoms with Crippen molar-refractivity contribution < 1.29 is 26.4 Å². The molecule has 2 rings (SSSR count). The fourth-order valence-electron chi connectivity index (χ4n) is 2.43. The zero-order valence-corrected chi connectivity index (χ0v) is 13.5. The van der Waals surface area contributed by atoms with Gasteiger partial charge in [0, 0.05) is 19.1 Å². The number of hydrogen-bond donors (Lipinski definition) is 2. The topological polar surface area (TPSA) is 92.5 Å². The Labute approximate surface area is 137 Å². The number of nitrogens with zero attached hydrogens (tertiary/aromatic N) is 1. The van der Waals surface area contributed by atoms with Crippen molar-refractivity contribution in [3.05, 3.63) is 29.8 Å². The minimum Gasteiger partial charge on any atom is -0.340 e. The molecule has 6 nitrogen and oxygen atoms in total. The Balaban J connectivity index is 2.05. The van der Waals surface area contributed by atoms with Gasteiger partial charge in [0.2, 0.25) is 15.9 Å². The van der Waals surface area contributed by atoms with E-state index in [2.05, 4.69) is 0 Å². The van der Waals surface area contributed by atoms with Gasteiger partial charge < -0.3 is 10.6 Å². The monoisotopic (exact) mass is 365 g/mol. The van der Waals surface area contributed by atoms with E-state index >= 15 is 0 Å². The van der Waals surface area contributed by atoms with Gasteiger partial charge in [-0.2, -0.15) is 13.2 Å². The molecule has 10 heteroatoms. The fourth-order valence-corrected chi connectivity index (χ4v) is 3.45. The number of piperidine rings is 1. The number of benzene rings is 1. The molecule has 1 aliphatic rings. The van der Waals surface area contributed by atoms with Crippen LogP contribution < -0.4 is 10.5 Å². The molecule has 1 aliphatic heterocycles. The largest absolute Gasteiger partial charge is 0.416 e. The van der Waals surface area contributed by atoms with Crippen LogP contribution in [0.1, 0.15) is 18.4 Å². The zero-order chi connectivity index (χ0) is 18.0. The molecule has 134 valence electrons. The normalized spacial score (nSPS) is 19.3. The lowest BCUT2D eigenvalue weighted by Crippen LogP contribution is -2.48. The third-order valence-corrected chi connectivity index (χ3v) is 5.09. The number of carbonyl (C=O) groups is 1. The first-order chi connectivity index (χ1) is 11.1. The number of amides is 1. The van der Waals surface area contributed by atoms with Crippen molar-refractivity contribution in [2.24, 2.45) is 5.73 Å². The molecule has 1 aromatic carbocycles. The van der Waals surface area contributed by atoms with Crippen molar-refractivity contribution in [3.8, 4) is 0 Å². The Morgan fingerprint density at radius 1 is 1.38 bits per heavy atom. The standard InChI is InChI=1S/C14H18F3N3O3S/c15-14(16,17)10-3-1-5-12(7-10)24(22,23)19-8-13(21)20-6-2-4-11(18)9-20/h1,3,5,7,11,19H,2,4,6,8-9,18H2. The molecule has 1 aromatic rings. The molecule has 3 N–H and O–H groups in total. The van der Waals surface area contributed by atoms with Crippen molar-refractivity contribution in [3.63, 3.8) is 0 Å². The highest BCUT2D eigenvalue weighted by Crippen LogP contribution is 2.30. The quantitative estimate of drug-likeness (QED) is 0.830. The average Bonchev–Trinajstić information content (AvgIpc) is 2.52. The van der Waals surface area contributed by atoms with Crippen LogP contribution in [-0.4, -0.2) is 44.9 Å². The maximum absolute atomic E-state index is 12.7. The predicted octanol–water partition coefficient (Wildman–Crippen LogP) is 0.933. The van der Waals surface area contributed by atoms with Crippen LogP contribution in [-0.2, 0) is 21.0 Å². The molecule has 0 aliphatic carbocycles. The second-order valence-corrected chi connectivity index (χ2v) is 7.36. The first kappa shape index (κ1) is 18.7. The molecule has 1 saturated heterocycles. The van der Waals surface area contributed by atoms with Crippen LogP contribution in [0.2, 0.25) is 0 Å².